The van der Waals surface area contributed by atoms with E-state index in [0.717, 1.165) is 24.9 Å². The van der Waals surface area contributed by atoms with Crippen LogP contribution in [0.2, 0.25) is 0 Å². The number of benzene rings is 1. The molecule has 2 aromatic rings. The zero-order chi connectivity index (χ0) is 19.3. The van der Waals surface area contributed by atoms with Gasteiger partial charge in [0.05, 0.1) is 6.42 Å². The van der Waals surface area contributed by atoms with Crippen LogP contribution in [0, 0.1) is 5.92 Å². The van der Waals surface area contributed by atoms with E-state index in [1.807, 2.05) is 17.0 Å². The number of piperidine rings is 1. The minimum absolute atomic E-state index is 0.111. The van der Waals surface area contributed by atoms with Crippen molar-refractivity contribution in [1.82, 2.24) is 15.2 Å². The fraction of sp³-hybridized carbons (Fsp3) is 0.381. The molecular weight excluding hydrogens is 358 g/mol. The van der Waals surface area contributed by atoms with Crippen molar-refractivity contribution in [2.45, 2.75) is 19.3 Å². The van der Waals surface area contributed by atoms with E-state index in [2.05, 4.69) is 10.3 Å². The Hall–Kier alpha value is -3.09. The average Bonchev–Trinajstić information content (AvgIpc) is 3.21. The summed E-state index contributed by atoms with van der Waals surface area (Å²) in [5, 5.41) is 2.99. The normalized spacial score (nSPS) is 18.0. The predicted octanol–water partition coefficient (Wildman–Crippen LogP) is 2.02. The van der Waals surface area contributed by atoms with E-state index < -0.39 is 0 Å². The molecule has 1 atom stereocenters. The molecule has 7 heteroatoms. The molecule has 3 heterocycles. The molecule has 0 saturated carbocycles. The Bertz CT molecular complexity index is 856. The van der Waals surface area contributed by atoms with Crippen molar-refractivity contribution in [2.75, 3.05) is 26.4 Å². The summed E-state index contributed by atoms with van der Waals surface area (Å²) in [4.78, 5) is 31.0. The van der Waals surface area contributed by atoms with Crippen molar-refractivity contribution in [3.8, 4) is 11.5 Å². The van der Waals surface area contributed by atoms with Gasteiger partial charge < -0.3 is 19.7 Å². The van der Waals surface area contributed by atoms with E-state index in [0.29, 0.717) is 36.6 Å². The molecule has 0 spiro atoms. The first-order chi connectivity index (χ1) is 13.7. The van der Waals surface area contributed by atoms with Gasteiger partial charge in [-0.05, 0) is 48.6 Å². The summed E-state index contributed by atoms with van der Waals surface area (Å²) >= 11 is 0. The maximum atomic E-state index is 12.6. The number of aromatic nitrogens is 1. The summed E-state index contributed by atoms with van der Waals surface area (Å²) in [5.74, 6) is 1.48. The molecule has 2 aliphatic heterocycles. The molecule has 1 N–H and O–H groups in total. The zero-order valence-corrected chi connectivity index (χ0v) is 15.6. The number of nitrogens with one attached hydrogen (secondary N) is 1. The molecule has 1 saturated heterocycles. The molecule has 2 aliphatic rings. The van der Waals surface area contributed by atoms with Crippen LogP contribution in [0.4, 0.5) is 0 Å². The number of ether oxygens (including phenoxy) is 2. The fourth-order valence-electron chi connectivity index (χ4n) is 3.62. The number of fused-ring (bicyclic) bond motifs is 1. The molecule has 0 bridgehead atoms. The highest BCUT2D eigenvalue weighted by Gasteiger charge is 2.24. The van der Waals surface area contributed by atoms with Crippen LogP contribution < -0.4 is 14.8 Å². The number of nitrogens with zero attached hydrogens (tertiary/aromatic N) is 2. The smallest absolute Gasteiger partial charge is 0.251 e. The molecule has 0 radical (unpaired) electrons. The van der Waals surface area contributed by atoms with Gasteiger partial charge in [-0.2, -0.15) is 0 Å². The fourth-order valence-corrected chi connectivity index (χ4v) is 3.62. The largest absolute Gasteiger partial charge is 0.454 e. The van der Waals surface area contributed by atoms with E-state index in [4.69, 9.17) is 9.47 Å². The van der Waals surface area contributed by atoms with Crippen LogP contribution in [0.3, 0.4) is 0 Å². The highest BCUT2D eigenvalue weighted by Crippen LogP contribution is 2.32. The standard InChI is InChI=1S/C21H23N3O4/c25-20(9-15-3-1-7-22-11-15)24-8-2-4-16(13-24)12-23-21(26)17-5-6-18-19(10-17)28-14-27-18/h1,3,5-7,10-11,16H,2,4,8-9,12-14H2,(H,23,26). The topological polar surface area (TPSA) is 80.8 Å². The first kappa shape index (κ1) is 18.3. The second-order valence-electron chi connectivity index (χ2n) is 7.16. The maximum Gasteiger partial charge on any atom is 0.251 e. The van der Waals surface area contributed by atoms with E-state index in [-0.39, 0.29) is 24.5 Å². The Morgan fingerprint density at radius 1 is 1.21 bits per heavy atom. The summed E-state index contributed by atoms with van der Waals surface area (Å²) in [5.41, 5.74) is 1.47. The molecule has 1 aromatic heterocycles. The monoisotopic (exact) mass is 381 g/mol. The SMILES string of the molecule is O=C(NCC1CCCN(C(=O)Cc2cccnc2)C1)c1ccc2c(c1)OCO2. The van der Waals surface area contributed by atoms with Gasteiger partial charge in [0, 0.05) is 37.6 Å². The predicted molar refractivity (Wildman–Crippen MR) is 102 cm³/mol. The first-order valence-electron chi connectivity index (χ1n) is 9.53. The maximum absolute atomic E-state index is 12.6. The van der Waals surface area contributed by atoms with Crippen molar-refractivity contribution in [2.24, 2.45) is 5.92 Å². The highest BCUT2D eigenvalue weighted by molar-refractivity contribution is 5.94. The number of hydrogen-bond donors (Lipinski definition) is 1. The third-order valence-corrected chi connectivity index (χ3v) is 5.14. The lowest BCUT2D eigenvalue weighted by Gasteiger charge is -2.33. The van der Waals surface area contributed by atoms with Crippen molar-refractivity contribution >= 4 is 11.8 Å². The van der Waals surface area contributed by atoms with Crippen LogP contribution in [0.5, 0.6) is 11.5 Å². The zero-order valence-electron chi connectivity index (χ0n) is 15.6. The van der Waals surface area contributed by atoms with Crippen LogP contribution in [-0.2, 0) is 11.2 Å². The number of carbonyl (C=O) groups excluding carboxylic acids is 2. The van der Waals surface area contributed by atoms with Gasteiger partial charge in [0.15, 0.2) is 11.5 Å². The number of rotatable bonds is 5. The van der Waals surface area contributed by atoms with Crippen LogP contribution in [0.25, 0.3) is 0 Å². The molecule has 1 unspecified atom stereocenters. The molecule has 1 aromatic carbocycles. The van der Waals surface area contributed by atoms with E-state index in [9.17, 15) is 9.59 Å². The minimum atomic E-state index is -0.142. The summed E-state index contributed by atoms with van der Waals surface area (Å²) in [7, 11) is 0. The van der Waals surface area contributed by atoms with Gasteiger partial charge in [-0.1, -0.05) is 6.07 Å². The molecule has 2 amide bonds. The molecule has 146 valence electrons. The summed E-state index contributed by atoms with van der Waals surface area (Å²) in [6.07, 6.45) is 5.74. The van der Waals surface area contributed by atoms with Crippen molar-refractivity contribution < 1.29 is 19.1 Å². The van der Waals surface area contributed by atoms with Crippen LogP contribution in [-0.4, -0.2) is 48.1 Å². The van der Waals surface area contributed by atoms with Gasteiger partial charge in [-0.15, -0.1) is 0 Å². The van der Waals surface area contributed by atoms with Gasteiger partial charge in [0.2, 0.25) is 12.7 Å². The molecular formula is C21H23N3O4. The Labute approximate surface area is 163 Å². The second kappa shape index (κ2) is 8.29. The highest BCUT2D eigenvalue weighted by atomic mass is 16.7. The van der Waals surface area contributed by atoms with E-state index in [1.165, 1.54) is 0 Å². The summed E-state index contributed by atoms with van der Waals surface area (Å²) < 4.78 is 10.6. The molecule has 1 fully saturated rings. The third-order valence-electron chi connectivity index (χ3n) is 5.14. The molecule has 0 aliphatic carbocycles. The lowest BCUT2D eigenvalue weighted by Crippen LogP contribution is -2.44. The van der Waals surface area contributed by atoms with Crippen molar-refractivity contribution in [3.05, 3.63) is 53.9 Å². The Morgan fingerprint density at radius 3 is 2.96 bits per heavy atom. The first-order valence-corrected chi connectivity index (χ1v) is 9.53. The van der Waals surface area contributed by atoms with E-state index in [1.54, 1.807) is 30.6 Å². The van der Waals surface area contributed by atoms with Gasteiger partial charge >= 0.3 is 0 Å². The Balaban J connectivity index is 1.29. The minimum Gasteiger partial charge on any atom is -0.454 e. The number of likely N-dealkylation sites (tertiary alicyclic amines) is 1. The number of carbonyl (C=O) groups is 2. The van der Waals surface area contributed by atoms with Gasteiger partial charge in [-0.25, -0.2) is 0 Å². The lowest BCUT2D eigenvalue weighted by atomic mass is 9.97. The van der Waals surface area contributed by atoms with E-state index >= 15 is 0 Å². The number of hydrogen-bond acceptors (Lipinski definition) is 5. The lowest BCUT2D eigenvalue weighted by molar-refractivity contribution is -0.132. The number of amides is 2. The summed E-state index contributed by atoms with van der Waals surface area (Å²) in [6.45, 7) is 2.17. The summed E-state index contributed by atoms with van der Waals surface area (Å²) in [6, 6.07) is 8.93. The molecule has 28 heavy (non-hydrogen) atoms. The molecule has 7 nitrogen and oxygen atoms in total. The average molecular weight is 381 g/mol. The van der Waals surface area contributed by atoms with Crippen LogP contribution >= 0.6 is 0 Å². The third kappa shape index (κ3) is 4.24. The Kier molecular flexibility index (Phi) is 5.41. The van der Waals surface area contributed by atoms with Crippen molar-refractivity contribution in [3.63, 3.8) is 0 Å². The number of pyridine rings is 1. The van der Waals surface area contributed by atoms with Crippen LogP contribution in [0.1, 0.15) is 28.8 Å². The second-order valence-corrected chi connectivity index (χ2v) is 7.16. The molecule has 4 rings (SSSR count). The quantitative estimate of drug-likeness (QED) is 0.857. The van der Waals surface area contributed by atoms with Crippen molar-refractivity contribution in [1.29, 1.82) is 0 Å². The van der Waals surface area contributed by atoms with Gasteiger partial charge in [-0.3, -0.25) is 14.6 Å². The Morgan fingerprint density at radius 2 is 2.11 bits per heavy atom. The van der Waals surface area contributed by atoms with Gasteiger partial charge in [0.1, 0.15) is 0 Å². The van der Waals surface area contributed by atoms with Crippen LogP contribution in [0.15, 0.2) is 42.7 Å². The van der Waals surface area contributed by atoms with Gasteiger partial charge in [0.25, 0.3) is 5.91 Å².